The number of aromatic nitrogens is 5. The van der Waals surface area contributed by atoms with Crippen molar-refractivity contribution in [1.82, 2.24) is 24.7 Å². The Hall–Kier alpha value is -4.54. The van der Waals surface area contributed by atoms with E-state index in [4.69, 9.17) is 9.47 Å². The van der Waals surface area contributed by atoms with Gasteiger partial charge in [-0.25, -0.2) is 13.8 Å². The van der Waals surface area contributed by atoms with Crippen LogP contribution < -0.4 is 20.3 Å². The standard InChI is InChI=1S/C23H16F2N6O3/c24-15-4-3-5-16(19(15)25)31-21-13(20-14(22(31)32)10-28-30-20)9-27-23(29-21)26-8-12-11-33-17-6-1-2-7-18(17)34-12/h1-7,9-10,12H,8,11H2,(H,28,30)(H,26,27,29). The van der Waals surface area contributed by atoms with Crippen molar-refractivity contribution in [2.24, 2.45) is 0 Å². The molecule has 0 amide bonds. The number of para-hydroxylation sites is 2. The van der Waals surface area contributed by atoms with Gasteiger partial charge in [0.05, 0.1) is 34.7 Å². The number of halogens is 2. The summed E-state index contributed by atoms with van der Waals surface area (Å²) in [4.78, 5) is 22.0. The Kier molecular flexibility index (Phi) is 4.61. The number of rotatable bonds is 4. The van der Waals surface area contributed by atoms with Crippen molar-refractivity contribution in [2.75, 3.05) is 18.5 Å². The topological polar surface area (TPSA) is 107 Å². The van der Waals surface area contributed by atoms with E-state index in [1.54, 1.807) is 0 Å². The van der Waals surface area contributed by atoms with E-state index in [-0.39, 0.29) is 28.8 Å². The van der Waals surface area contributed by atoms with Crippen LogP contribution in [0.2, 0.25) is 0 Å². The molecular weight excluding hydrogens is 446 g/mol. The number of hydrogen-bond donors (Lipinski definition) is 2. The van der Waals surface area contributed by atoms with Gasteiger partial charge in [-0.2, -0.15) is 10.1 Å². The zero-order valence-electron chi connectivity index (χ0n) is 17.5. The second-order valence-corrected chi connectivity index (χ2v) is 7.68. The Balaban J connectivity index is 1.40. The minimum atomic E-state index is -1.16. The fourth-order valence-electron chi connectivity index (χ4n) is 3.93. The zero-order valence-corrected chi connectivity index (χ0v) is 17.5. The molecule has 6 rings (SSSR count). The van der Waals surface area contributed by atoms with Gasteiger partial charge in [0.2, 0.25) is 5.95 Å². The lowest BCUT2D eigenvalue weighted by Crippen LogP contribution is -2.35. The molecule has 170 valence electrons. The van der Waals surface area contributed by atoms with E-state index < -0.39 is 17.2 Å². The first kappa shape index (κ1) is 20.1. The van der Waals surface area contributed by atoms with Gasteiger partial charge < -0.3 is 14.8 Å². The number of nitrogens with zero attached hydrogens (tertiary/aromatic N) is 4. The smallest absolute Gasteiger partial charge is 0.267 e. The van der Waals surface area contributed by atoms with Gasteiger partial charge in [-0.15, -0.1) is 0 Å². The lowest BCUT2D eigenvalue weighted by atomic mass is 10.2. The van der Waals surface area contributed by atoms with Gasteiger partial charge in [0.1, 0.15) is 12.7 Å². The number of pyridine rings is 1. The van der Waals surface area contributed by atoms with Crippen molar-refractivity contribution >= 4 is 27.9 Å². The summed E-state index contributed by atoms with van der Waals surface area (Å²) < 4.78 is 41.3. The Morgan fingerprint density at radius 3 is 2.82 bits per heavy atom. The minimum absolute atomic E-state index is 0.0925. The predicted octanol–water partition coefficient (Wildman–Crippen LogP) is 3.19. The van der Waals surface area contributed by atoms with Crippen LogP contribution in [0.5, 0.6) is 11.5 Å². The van der Waals surface area contributed by atoms with Crippen LogP contribution in [-0.4, -0.2) is 44.0 Å². The van der Waals surface area contributed by atoms with Crippen molar-refractivity contribution in [3.63, 3.8) is 0 Å². The number of H-pyrrole nitrogens is 1. The lowest BCUT2D eigenvalue weighted by molar-refractivity contribution is 0.0996. The number of anilines is 1. The first-order valence-electron chi connectivity index (χ1n) is 10.4. The van der Waals surface area contributed by atoms with Crippen molar-refractivity contribution in [3.05, 3.63) is 76.8 Å². The van der Waals surface area contributed by atoms with E-state index in [9.17, 15) is 13.6 Å². The second kappa shape index (κ2) is 7.80. The normalized spacial score (nSPS) is 15.1. The summed E-state index contributed by atoms with van der Waals surface area (Å²) in [5.74, 6) is -0.749. The highest BCUT2D eigenvalue weighted by Gasteiger charge is 2.22. The molecule has 2 N–H and O–H groups in total. The van der Waals surface area contributed by atoms with Gasteiger partial charge in [-0.05, 0) is 24.3 Å². The summed E-state index contributed by atoms with van der Waals surface area (Å²) in [6.07, 6.45) is 2.51. The number of nitrogens with one attached hydrogen (secondary N) is 2. The SMILES string of the molecule is O=c1c2cn[nH]c2c2cnc(NCC3COc4ccccc4O3)nc2n1-c1cccc(F)c1F. The summed E-state index contributed by atoms with van der Waals surface area (Å²) in [5, 5.41) is 10.4. The first-order chi connectivity index (χ1) is 16.6. The van der Waals surface area contributed by atoms with E-state index in [1.165, 1.54) is 24.5 Å². The molecule has 0 bridgehead atoms. The maximum absolute atomic E-state index is 14.7. The second-order valence-electron chi connectivity index (χ2n) is 7.68. The Labute approximate surface area is 190 Å². The summed E-state index contributed by atoms with van der Waals surface area (Å²) in [7, 11) is 0. The van der Waals surface area contributed by atoms with Gasteiger partial charge in [0, 0.05) is 6.20 Å². The van der Waals surface area contributed by atoms with Gasteiger partial charge in [-0.3, -0.25) is 14.5 Å². The maximum Gasteiger partial charge on any atom is 0.267 e. The molecule has 0 aliphatic carbocycles. The number of ether oxygens (including phenoxy) is 2. The maximum atomic E-state index is 14.7. The first-order valence-corrected chi connectivity index (χ1v) is 10.4. The molecule has 1 unspecified atom stereocenters. The number of aromatic amines is 1. The highest BCUT2D eigenvalue weighted by atomic mass is 19.2. The van der Waals surface area contributed by atoms with Gasteiger partial charge in [-0.1, -0.05) is 18.2 Å². The molecule has 3 aromatic heterocycles. The molecule has 0 radical (unpaired) electrons. The highest BCUT2D eigenvalue weighted by Crippen LogP contribution is 2.31. The molecule has 2 aromatic carbocycles. The number of fused-ring (bicyclic) bond motifs is 4. The van der Waals surface area contributed by atoms with Crippen LogP contribution in [0.1, 0.15) is 0 Å². The summed E-state index contributed by atoms with van der Waals surface area (Å²) in [6, 6.07) is 11.0. The molecule has 9 nitrogen and oxygen atoms in total. The molecule has 0 spiro atoms. The lowest BCUT2D eigenvalue weighted by Gasteiger charge is -2.26. The Morgan fingerprint density at radius 2 is 1.94 bits per heavy atom. The van der Waals surface area contributed by atoms with Gasteiger partial charge in [0.15, 0.2) is 28.8 Å². The van der Waals surface area contributed by atoms with Crippen molar-refractivity contribution in [1.29, 1.82) is 0 Å². The van der Waals surface area contributed by atoms with Crippen LogP contribution in [0.3, 0.4) is 0 Å². The summed E-state index contributed by atoms with van der Waals surface area (Å²) >= 11 is 0. The fourth-order valence-corrected chi connectivity index (χ4v) is 3.93. The molecule has 1 aliphatic rings. The molecule has 0 fully saturated rings. The van der Waals surface area contributed by atoms with Crippen LogP contribution in [-0.2, 0) is 0 Å². The summed E-state index contributed by atoms with van der Waals surface area (Å²) in [5.41, 5.74) is -0.357. The number of benzene rings is 2. The predicted molar refractivity (Wildman–Crippen MR) is 120 cm³/mol. The van der Waals surface area contributed by atoms with E-state index in [2.05, 4.69) is 25.5 Å². The molecule has 0 saturated heterocycles. The van der Waals surface area contributed by atoms with E-state index >= 15 is 0 Å². The van der Waals surface area contributed by atoms with Crippen molar-refractivity contribution < 1.29 is 18.3 Å². The molecule has 5 aromatic rings. The molecule has 1 atom stereocenters. The van der Waals surface area contributed by atoms with Crippen LogP contribution in [0, 0.1) is 11.6 Å². The third kappa shape index (κ3) is 3.20. The van der Waals surface area contributed by atoms with E-state index in [0.717, 1.165) is 10.6 Å². The fraction of sp³-hybridized carbons (Fsp3) is 0.130. The monoisotopic (exact) mass is 462 g/mol. The third-order valence-corrected chi connectivity index (χ3v) is 5.55. The molecular formula is C23H16F2N6O3. The minimum Gasteiger partial charge on any atom is -0.486 e. The molecule has 11 heteroatoms. The largest absolute Gasteiger partial charge is 0.486 e. The van der Waals surface area contributed by atoms with Crippen LogP contribution >= 0.6 is 0 Å². The van der Waals surface area contributed by atoms with Crippen LogP contribution in [0.25, 0.3) is 27.6 Å². The average Bonchev–Trinajstić information content (AvgIpc) is 3.36. The highest BCUT2D eigenvalue weighted by molar-refractivity contribution is 6.02. The van der Waals surface area contributed by atoms with Gasteiger partial charge in [0.25, 0.3) is 5.56 Å². The number of hydrogen-bond acceptors (Lipinski definition) is 7. The average molecular weight is 462 g/mol. The molecule has 34 heavy (non-hydrogen) atoms. The van der Waals surface area contributed by atoms with E-state index in [0.29, 0.717) is 35.6 Å². The molecule has 1 aliphatic heterocycles. The van der Waals surface area contributed by atoms with E-state index in [1.807, 2.05) is 24.3 Å². The third-order valence-electron chi connectivity index (χ3n) is 5.55. The Bertz CT molecular complexity index is 1620. The Morgan fingerprint density at radius 1 is 1.09 bits per heavy atom. The summed E-state index contributed by atoms with van der Waals surface area (Å²) in [6.45, 7) is 0.635. The molecule has 4 heterocycles. The zero-order chi connectivity index (χ0) is 23.2. The quantitative estimate of drug-likeness (QED) is 0.422. The molecule has 0 saturated carbocycles. The van der Waals surface area contributed by atoms with Crippen molar-refractivity contribution in [3.8, 4) is 17.2 Å². The van der Waals surface area contributed by atoms with Crippen molar-refractivity contribution in [2.45, 2.75) is 6.10 Å². The van der Waals surface area contributed by atoms with Crippen LogP contribution in [0.4, 0.5) is 14.7 Å². The van der Waals surface area contributed by atoms with Gasteiger partial charge >= 0.3 is 0 Å². The van der Waals surface area contributed by atoms with Crippen LogP contribution in [0.15, 0.2) is 59.7 Å².